The van der Waals surface area contributed by atoms with Gasteiger partial charge in [-0.2, -0.15) is 4.98 Å². The number of hydrogen-bond acceptors (Lipinski definition) is 6. The summed E-state index contributed by atoms with van der Waals surface area (Å²) >= 11 is 0. The molecule has 0 amide bonds. The predicted octanol–water partition coefficient (Wildman–Crippen LogP) is 1.50. The van der Waals surface area contributed by atoms with E-state index in [4.69, 9.17) is 14.0 Å². The molecule has 19 heavy (non-hydrogen) atoms. The van der Waals surface area contributed by atoms with Crippen molar-refractivity contribution >= 4 is 0 Å². The van der Waals surface area contributed by atoms with E-state index in [0.29, 0.717) is 24.3 Å². The molecule has 1 saturated carbocycles. The van der Waals surface area contributed by atoms with Gasteiger partial charge in [0.1, 0.15) is 0 Å². The second kappa shape index (κ2) is 5.19. The van der Waals surface area contributed by atoms with E-state index in [1.54, 1.807) is 0 Å². The standard InChI is InChI=1S/C13H21N3O3/c1-10-14-12(19-15-10)9-16(2)11-3-5-13(6-4-11)17-7-8-18-13/h11H,3-9H2,1-2H3. The van der Waals surface area contributed by atoms with Crippen LogP contribution in [0.15, 0.2) is 4.52 Å². The van der Waals surface area contributed by atoms with Crippen LogP contribution in [0.5, 0.6) is 0 Å². The third-order valence-corrected chi connectivity index (χ3v) is 4.11. The van der Waals surface area contributed by atoms with Crippen LogP contribution in [0, 0.1) is 6.92 Å². The highest BCUT2D eigenvalue weighted by atomic mass is 16.7. The topological polar surface area (TPSA) is 60.6 Å². The van der Waals surface area contributed by atoms with Crippen LogP contribution in [-0.4, -0.2) is 47.1 Å². The molecule has 0 bridgehead atoms. The minimum Gasteiger partial charge on any atom is -0.348 e. The summed E-state index contributed by atoms with van der Waals surface area (Å²) in [7, 11) is 2.11. The van der Waals surface area contributed by atoms with Crippen molar-refractivity contribution in [2.24, 2.45) is 0 Å². The second-order valence-corrected chi connectivity index (χ2v) is 5.49. The first-order valence-electron chi connectivity index (χ1n) is 6.94. The summed E-state index contributed by atoms with van der Waals surface area (Å²) in [5, 5.41) is 3.82. The van der Waals surface area contributed by atoms with E-state index in [1.807, 2.05) is 6.92 Å². The van der Waals surface area contributed by atoms with Crippen molar-refractivity contribution in [3.8, 4) is 0 Å². The molecule has 6 heteroatoms. The van der Waals surface area contributed by atoms with Gasteiger partial charge in [-0.3, -0.25) is 4.90 Å². The highest BCUT2D eigenvalue weighted by molar-refractivity contribution is 4.88. The summed E-state index contributed by atoms with van der Waals surface area (Å²) in [6, 6.07) is 0.533. The van der Waals surface area contributed by atoms with Gasteiger partial charge in [0.2, 0.25) is 5.89 Å². The van der Waals surface area contributed by atoms with Crippen molar-refractivity contribution in [1.29, 1.82) is 0 Å². The summed E-state index contributed by atoms with van der Waals surface area (Å²) in [5.74, 6) is 1.10. The fourth-order valence-electron chi connectivity index (χ4n) is 3.02. The molecule has 0 aromatic carbocycles. The van der Waals surface area contributed by atoms with Gasteiger partial charge in [-0.1, -0.05) is 5.16 Å². The number of hydrogen-bond donors (Lipinski definition) is 0. The van der Waals surface area contributed by atoms with Gasteiger partial charge in [-0.15, -0.1) is 0 Å². The quantitative estimate of drug-likeness (QED) is 0.827. The highest BCUT2D eigenvalue weighted by Gasteiger charge is 2.41. The van der Waals surface area contributed by atoms with Crippen LogP contribution >= 0.6 is 0 Å². The lowest BCUT2D eigenvalue weighted by molar-refractivity contribution is -0.183. The van der Waals surface area contributed by atoms with Crippen LogP contribution < -0.4 is 0 Å². The van der Waals surface area contributed by atoms with Gasteiger partial charge < -0.3 is 14.0 Å². The molecule has 1 spiro atoms. The molecule has 0 unspecified atom stereocenters. The van der Waals surface area contributed by atoms with Crippen molar-refractivity contribution in [3.63, 3.8) is 0 Å². The number of rotatable bonds is 3. The van der Waals surface area contributed by atoms with Crippen LogP contribution in [0.3, 0.4) is 0 Å². The Kier molecular flexibility index (Phi) is 3.56. The van der Waals surface area contributed by atoms with Crippen molar-refractivity contribution in [2.75, 3.05) is 20.3 Å². The summed E-state index contributed by atoms with van der Waals surface area (Å²) in [6.07, 6.45) is 4.13. The van der Waals surface area contributed by atoms with Gasteiger partial charge in [0.25, 0.3) is 0 Å². The van der Waals surface area contributed by atoms with Gasteiger partial charge >= 0.3 is 0 Å². The smallest absolute Gasteiger partial charge is 0.240 e. The predicted molar refractivity (Wildman–Crippen MR) is 67.4 cm³/mol. The average molecular weight is 267 g/mol. The second-order valence-electron chi connectivity index (χ2n) is 5.49. The number of ether oxygens (including phenoxy) is 2. The van der Waals surface area contributed by atoms with Gasteiger partial charge in [0.15, 0.2) is 11.6 Å². The minimum absolute atomic E-state index is 0.279. The Balaban J connectivity index is 1.53. The van der Waals surface area contributed by atoms with Gasteiger partial charge in [-0.25, -0.2) is 0 Å². The zero-order valence-electron chi connectivity index (χ0n) is 11.6. The fraction of sp³-hybridized carbons (Fsp3) is 0.846. The molecule has 2 heterocycles. The molecule has 2 aliphatic rings. The zero-order chi connectivity index (χ0) is 13.3. The molecule has 1 aromatic rings. The fourth-order valence-corrected chi connectivity index (χ4v) is 3.02. The molecule has 0 radical (unpaired) electrons. The van der Waals surface area contributed by atoms with E-state index in [1.165, 1.54) is 0 Å². The van der Waals surface area contributed by atoms with Crippen molar-refractivity contribution in [1.82, 2.24) is 15.0 Å². The molecule has 1 aromatic heterocycles. The van der Waals surface area contributed by atoms with Crippen LogP contribution in [0.2, 0.25) is 0 Å². The van der Waals surface area contributed by atoms with E-state index in [0.717, 1.165) is 38.9 Å². The largest absolute Gasteiger partial charge is 0.348 e. The van der Waals surface area contributed by atoms with Crippen LogP contribution in [0.4, 0.5) is 0 Å². The molecular weight excluding hydrogens is 246 g/mol. The molecule has 1 aliphatic carbocycles. The average Bonchev–Trinajstić information content (AvgIpc) is 3.00. The third-order valence-electron chi connectivity index (χ3n) is 4.11. The lowest BCUT2D eigenvalue weighted by Gasteiger charge is -2.38. The van der Waals surface area contributed by atoms with Crippen LogP contribution in [0.1, 0.15) is 37.4 Å². The molecule has 3 rings (SSSR count). The van der Waals surface area contributed by atoms with E-state index in [2.05, 4.69) is 22.1 Å². The first-order valence-corrected chi connectivity index (χ1v) is 6.94. The van der Waals surface area contributed by atoms with Gasteiger partial charge in [0, 0.05) is 18.9 Å². The van der Waals surface area contributed by atoms with E-state index in [9.17, 15) is 0 Å². The van der Waals surface area contributed by atoms with Crippen molar-refractivity contribution < 1.29 is 14.0 Å². The zero-order valence-corrected chi connectivity index (χ0v) is 11.6. The van der Waals surface area contributed by atoms with E-state index >= 15 is 0 Å². The number of aromatic nitrogens is 2. The van der Waals surface area contributed by atoms with Crippen molar-refractivity contribution in [3.05, 3.63) is 11.7 Å². The molecule has 106 valence electrons. The van der Waals surface area contributed by atoms with Gasteiger partial charge in [-0.05, 0) is 26.8 Å². The Bertz CT molecular complexity index is 419. The maximum absolute atomic E-state index is 5.75. The van der Waals surface area contributed by atoms with Crippen LogP contribution in [-0.2, 0) is 16.0 Å². The Hall–Kier alpha value is -0.980. The summed E-state index contributed by atoms with van der Waals surface area (Å²) < 4.78 is 16.7. The Morgan fingerprint density at radius 1 is 1.26 bits per heavy atom. The molecule has 1 aliphatic heterocycles. The monoisotopic (exact) mass is 267 g/mol. The molecule has 0 N–H and O–H groups in total. The maximum atomic E-state index is 5.75. The summed E-state index contributed by atoms with van der Waals surface area (Å²) in [4.78, 5) is 6.53. The first-order chi connectivity index (χ1) is 9.17. The maximum Gasteiger partial charge on any atom is 0.240 e. The van der Waals surface area contributed by atoms with Crippen LogP contribution in [0.25, 0.3) is 0 Å². The molecule has 0 atom stereocenters. The third kappa shape index (κ3) is 2.80. The lowest BCUT2D eigenvalue weighted by atomic mass is 9.89. The Morgan fingerprint density at radius 3 is 2.53 bits per heavy atom. The van der Waals surface area contributed by atoms with Crippen molar-refractivity contribution in [2.45, 2.75) is 51.0 Å². The normalized spacial score (nSPS) is 23.5. The molecule has 1 saturated heterocycles. The molecular formula is C13H21N3O3. The van der Waals surface area contributed by atoms with Gasteiger partial charge in [0.05, 0.1) is 19.8 Å². The lowest BCUT2D eigenvalue weighted by Crippen LogP contribution is -2.42. The molecule has 6 nitrogen and oxygen atoms in total. The Morgan fingerprint density at radius 2 is 1.95 bits per heavy atom. The number of nitrogens with zero attached hydrogens (tertiary/aromatic N) is 3. The summed E-state index contributed by atoms with van der Waals surface area (Å²) in [5.41, 5.74) is 0. The van der Waals surface area contributed by atoms with E-state index < -0.39 is 0 Å². The highest BCUT2D eigenvalue weighted by Crippen LogP contribution is 2.37. The van der Waals surface area contributed by atoms with E-state index in [-0.39, 0.29) is 5.79 Å². The summed E-state index contributed by atoms with van der Waals surface area (Å²) in [6.45, 7) is 4.02. The minimum atomic E-state index is -0.279. The molecule has 2 fully saturated rings. The Labute approximate surface area is 113 Å². The first kappa shape index (κ1) is 13.0. The number of aryl methyl sites for hydroxylation is 1. The SMILES string of the molecule is Cc1noc(CN(C)C2CCC3(CC2)OCCO3)n1.